The molecule has 3 rings (SSSR count). The average molecular weight is 309 g/mol. The zero-order valence-corrected chi connectivity index (χ0v) is 13.3. The summed E-state index contributed by atoms with van der Waals surface area (Å²) in [7, 11) is 0. The van der Waals surface area contributed by atoms with Crippen molar-refractivity contribution in [3.63, 3.8) is 0 Å². The zero-order valence-electron chi connectivity index (χ0n) is 13.3. The van der Waals surface area contributed by atoms with Crippen LogP contribution < -0.4 is 5.32 Å². The van der Waals surface area contributed by atoms with Gasteiger partial charge in [-0.05, 0) is 49.1 Å². The minimum Gasteiger partial charge on any atom is -0.462 e. The van der Waals surface area contributed by atoms with Gasteiger partial charge in [0.25, 0.3) is 0 Å². The molecule has 1 saturated heterocycles. The van der Waals surface area contributed by atoms with Gasteiger partial charge in [-0.15, -0.1) is 0 Å². The van der Waals surface area contributed by atoms with Crippen LogP contribution in [0.3, 0.4) is 0 Å². The first-order chi connectivity index (χ1) is 11.3. The fraction of sp³-hybridized carbons (Fsp3) is 0.350. The van der Waals surface area contributed by atoms with E-state index in [1.54, 1.807) is 0 Å². The van der Waals surface area contributed by atoms with Crippen LogP contribution in [0.5, 0.6) is 0 Å². The third-order valence-electron chi connectivity index (χ3n) is 4.34. The maximum atomic E-state index is 12.1. The highest BCUT2D eigenvalue weighted by Crippen LogP contribution is 2.19. The quantitative estimate of drug-likeness (QED) is 0.847. The smallest absolute Gasteiger partial charge is 0.338 e. The van der Waals surface area contributed by atoms with E-state index in [9.17, 15) is 4.79 Å². The zero-order chi connectivity index (χ0) is 15.9. The van der Waals surface area contributed by atoms with Crippen LogP contribution in [0.15, 0.2) is 54.6 Å². The van der Waals surface area contributed by atoms with Crippen LogP contribution in [-0.4, -0.2) is 25.2 Å². The highest BCUT2D eigenvalue weighted by Gasteiger charge is 2.13. The molecule has 1 unspecified atom stereocenters. The first kappa shape index (κ1) is 15.8. The van der Waals surface area contributed by atoms with Crippen LogP contribution in [0.2, 0.25) is 0 Å². The molecule has 0 bridgehead atoms. The fourth-order valence-corrected chi connectivity index (χ4v) is 2.98. The molecule has 3 nitrogen and oxygen atoms in total. The van der Waals surface area contributed by atoms with E-state index in [2.05, 4.69) is 17.4 Å². The SMILES string of the molecule is O=C(OCCC1CCCCN1)c1ccc(-c2ccccc2)cc1. The van der Waals surface area contributed by atoms with Gasteiger partial charge in [0, 0.05) is 6.04 Å². The molecule has 1 fully saturated rings. The number of benzene rings is 2. The van der Waals surface area contributed by atoms with Gasteiger partial charge in [-0.1, -0.05) is 48.9 Å². The van der Waals surface area contributed by atoms with Crippen molar-refractivity contribution < 1.29 is 9.53 Å². The lowest BCUT2D eigenvalue weighted by Crippen LogP contribution is -2.35. The van der Waals surface area contributed by atoms with Gasteiger partial charge in [0.1, 0.15) is 0 Å². The summed E-state index contributed by atoms with van der Waals surface area (Å²) in [5.41, 5.74) is 2.87. The molecule has 0 aromatic heterocycles. The Balaban J connectivity index is 1.51. The van der Waals surface area contributed by atoms with E-state index in [0.717, 1.165) is 24.1 Å². The summed E-state index contributed by atoms with van der Waals surface area (Å²) in [5.74, 6) is -0.236. The maximum Gasteiger partial charge on any atom is 0.338 e. The maximum absolute atomic E-state index is 12.1. The molecule has 0 radical (unpaired) electrons. The normalized spacial score (nSPS) is 17.7. The highest BCUT2D eigenvalue weighted by molar-refractivity contribution is 5.90. The van der Waals surface area contributed by atoms with Gasteiger partial charge in [0.15, 0.2) is 0 Å². The van der Waals surface area contributed by atoms with Crippen molar-refractivity contribution in [3.05, 3.63) is 60.2 Å². The minimum atomic E-state index is -0.236. The molecule has 1 aliphatic heterocycles. The molecule has 0 amide bonds. The van der Waals surface area contributed by atoms with E-state index in [0.29, 0.717) is 18.2 Å². The van der Waals surface area contributed by atoms with E-state index in [1.807, 2.05) is 42.5 Å². The summed E-state index contributed by atoms with van der Waals surface area (Å²) >= 11 is 0. The summed E-state index contributed by atoms with van der Waals surface area (Å²) in [5, 5.41) is 3.47. The molecule has 2 aromatic carbocycles. The average Bonchev–Trinajstić information content (AvgIpc) is 2.63. The van der Waals surface area contributed by atoms with Gasteiger partial charge in [-0.2, -0.15) is 0 Å². The third-order valence-corrected chi connectivity index (χ3v) is 4.34. The number of carbonyl (C=O) groups is 1. The van der Waals surface area contributed by atoms with Crippen LogP contribution >= 0.6 is 0 Å². The molecular weight excluding hydrogens is 286 g/mol. The monoisotopic (exact) mass is 309 g/mol. The number of piperidine rings is 1. The van der Waals surface area contributed by atoms with Crippen LogP contribution in [0.1, 0.15) is 36.0 Å². The first-order valence-electron chi connectivity index (χ1n) is 8.39. The predicted molar refractivity (Wildman–Crippen MR) is 92.4 cm³/mol. The summed E-state index contributed by atoms with van der Waals surface area (Å²) in [4.78, 5) is 12.1. The van der Waals surface area contributed by atoms with Crippen LogP contribution in [0, 0.1) is 0 Å². The van der Waals surface area contributed by atoms with E-state index in [1.165, 1.54) is 19.3 Å². The Bertz CT molecular complexity index is 616. The molecule has 0 aliphatic carbocycles. The predicted octanol–water partition coefficient (Wildman–Crippen LogP) is 4.04. The molecule has 3 heteroatoms. The van der Waals surface area contributed by atoms with Crippen molar-refractivity contribution in [2.45, 2.75) is 31.7 Å². The standard InChI is InChI=1S/C20H23NO2/c22-20(23-15-13-19-8-4-5-14-21-19)18-11-9-17(10-12-18)16-6-2-1-3-7-16/h1-3,6-7,9-12,19,21H,4-5,8,13-15H2. The second-order valence-corrected chi connectivity index (χ2v) is 6.01. The van der Waals surface area contributed by atoms with Gasteiger partial charge in [0.2, 0.25) is 0 Å². The van der Waals surface area contributed by atoms with Crippen molar-refractivity contribution in [2.24, 2.45) is 0 Å². The van der Waals surface area contributed by atoms with Crippen molar-refractivity contribution in [2.75, 3.05) is 13.2 Å². The molecule has 1 heterocycles. The highest BCUT2D eigenvalue weighted by atomic mass is 16.5. The molecule has 1 atom stereocenters. The fourth-order valence-electron chi connectivity index (χ4n) is 2.98. The lowest BCUT2D eigenvalue weighted by Gasteiger charge is -2.23. The Labute approximate surface area is 137 Å². The second kappa shape index (κ2) is 7.93. The van der Waals surface area contributed by atoms with Gasteiger partial charge >= 0.3 is 5.97 Å². The number of rotatable bonds is 5. The largest absolute Gasteiger partial charge is 0.462 e. The van der Waals surface area contributed by atoms with Gasteiger partial charge < -0.3 is 10.1 Å². The minimum absolute atomic E-state index is 0.236. The van der Waals surface area contributed by atoms with E-state index >= 15 is 0 Å². The summed E-state index contributed by atoms with van der Waals surface area (Å²) in [6.45, 7) is 1.57. The molecule has 2 aromatic rings. The van der Waals surface area contributed by atoms with E-state index in [-0.39, 0.29) is 5.97 Å². The molecule has 23 heavy (non-hydrogen) atoms. The number of ether oxygens (including phenoxy) is 1. The van der Waals surface area contributed by atoms with Gasteiger partial charge in [-0.25, -0.2) is 4.79 Å². The molecular formula is C20H23NO2. The number of esters is 1. The molecule has 0 spiro atoms. The molecule has 1 N–H and O–H groups in total. The Hall–Kier alpha value is -2.13. The molecule has 120 valence electrons. The number of carbonyl (C=O) groups excluding carboxylic acids is 1. The van der Waals surface area contributed by atoms with Crippen LogP contribution in [0.4, 0.5) is 0 Å². The summed E-state index contributed by atoms with van der Waals surface area (Å²) in [6.07, 6.45) is 4.60. The summed E-state index contributed by atoms with van der Waals surface area (Å²) in [6, 6.07) is 18.2. The number of nitrogens with one attached hydrogen (secondary N) is 1. The van der Waals surface area contributed by atoms with Crippen molar-refractivity contribution in [3.8, 4) is 11.1 Å². The number of hydrogen-bond acceptors (Lipinski definition) is 3. The van der Waals surface area contributed by atoms with Crippen molar-refractivity contribution in [1.29, 1.82) is 0 Å². The lowest BCUT2D eigenvalue weighted by atomic mass is 10.0. The summed E-state index contributed by atoms with van der Waals surface area (Å²) < 4.78 is 5.40. The third kappa shape index (κ3) is 4.42. The van der Waals surface area contributed by atoms with Crippen molar-refractivity contribution >= 4 is 5.97 Å². The van der Waals surface area contributed by atoms with Gasteiger partial charge in [-0.3, -0.25) is 0 Å². The first-order valence-corrected chi connectivity index (χ1v) is 8.39. The Kier molecular flexibility index (Phi) is 5.43. The second-order valence-electron chi connectivity index (χ2n) is 6.01. The molecule has 0 saturated carbocycles. The Morgan fingerprint density at radius 3 is 2.43 bits per heavy atom. The number of hydrogen-bond donors (Lipinski definition) is 1. The Morgan fingerprint density at radius 2 is 1.74 bits per heavy atom. The lowest BCUT2D eigenvalue weighted by molar-refractivity contribution is 0.0486. The van der Waals surface area contributed by atoms with Gasteiger partial charge in [0.05, 0.1) is 12.2 Å². The Morgan fingerprint density at radius 1 is 1.00 bits per heavy atom. The van der Waals surface area contributed by atoms with Crippen molar-refractivity contribution in [1.82, 2.24) is 5.32 Å². The molecule has 1 aliphatic rings. The van der Waals surface area contributed by atoms with E-state index < -0.39 is 0 Å². The van der Waals surface area contributed by atoms with Crippen LogP contribution in [0.25, 0.3) is 11.1 Å². The topological polar surface area (TPSA) is 38.3 Å². The van der Waals surface area contributed by atoms with E-state index in [4.69, 9.17) is 4.74 Å². The van der Waals surface area contributed by atoms with Crippen LogP contribution in [-0.2, 0) is 4.74 Å².